The molecule has 0 amide bonds. The molecule has 0 atom stereocenters. The second kappa shape index (κ2) is 9.23. The molecule has 0 aliphatic heterocycles. The van der Waals surface area contributed by atoms with Crippen LogP contribution in [0.1, 0.15) is 51.8 Å². The van der Waals surface area contributed by atoms with Gasteiger partial charge in [0.15, 0.2) is 11.6 Å². The maximum Gasteiger partial charge on any atom is 0.165 e. The molecule has 0 aliphatic rings. The number of hydrogen-bond acceptors (Lipinski definition) is 3. The van der Waals surface area contributed by atoms with Crippen LogP contribution in [0, 0.1) is 5.82 Å². The van der Waals surface area contributed by atoms with Gasteiger partial charge in [0.05, 0.1) is 6.61 Å². The van der Waals surface area contributed by atoms with Crippen LogP contribution in [0.15, 0.2) is 30.6 Å². The summed E-state index contributed by atoms with van der Waals surface area (Å²) in [6.45, 7) is 4.80. The molecule has 0 radical (unpaired) electrons. The summed E-state index contributed by atoms with van der Waals surface area (Å²) in [4.78, 5) is 8.75. The number of unbranched alkanes of at least 4 members (excludes halogenated alkanes) is 3. The molecule has 0 bridgehead atoms. The van der Waals surface area contributed by atoms with Gasteiger partial charge >= 0.3 is 0 Å². The van der Waals surface area contributed by atoms with Crippen molar-refractivity contribution in [1.82, 2.24) is 9.97 Å². The van der Waals surface area contributed by atoms with Gasteiger partial charge in [0, 0.05) is 24.4 Å². The van der Waals surface area contributed by atoms with E-state index in [1.807, 2.05) is 6.07 Å². The molecule has 3 nitrogen and oxygen atoms in total. The van der Waals surface area contributed by atoms with Crippen molar-refractivity contribution in [3.05, 3.63) is 42.2 Å². The predicted molar refractivity (Wildman–Crippen MR) is 91.1 cm³/mol. The average molecular weight is 316 g/mol. The van der Waals surface area contributed by atoms with Crippen molar-refractivity contribution in [2.75, 3.05) is 6.61 Å². The van der Waals surface area contributed by atoms with E-state index in [2.05, 4.69) is 23.8 Å². The molecular weight excluding hydrogens is 291 g/mol. The van der Waals surface area contributed by atoms with Gasteiger partial charge in [-0.2, -0.15) is 0 Å². The first kappa shape index (κ1) is 17.4. The standard InChI is InChI=1S/C19H25FN2O/c1-3-5-7-8-19-21-13-16(14-22-19)15-9-10-18(17(20)12-15)23-11-6-4-2/h9-10,12-14H,3-8,11H2,1-2H3. The van der Waals surface area contributed by atoms with Crippen molar-refractivity contribution in [2.24, 2.45) is 0 Å². The Bertz CT molecular complexity index is 599. The Hall–Kier alpha value is -1.97. The molecule has 2 rings (SSSR count). The van der Waals surface area contributed by atoms with Gasteiger partial charge in [-0.25, -0.2) is 14.4 Å². The normalized spacial score (nSPS) is 10.7. The minimum absolute atomic E-state index is 0.305. The van der Waals surface area contributed by atoms with E-state index in [-0.39, 0.29) is 5.82 Å². The van der Waals surface area contributed by atoms with Crippen molar-refractivity contribution < 1.29 is 9.13 Å². The lowest BCUT2D eigenvalue weighted by Crippen LogP contribution is -1.99. The zero-order chi connectivity index (χ0) is 16.5. The van der Waals surface area contributed by atoms with Crippen molar-refractivity contribution in [1.29, 1.82) is 0 Å². The highest BCUT2D eigenvalue weighted by atomic mass is 19.1. The number of nitrogens with zero attached hydrogens (tertiary/aromatic N) is 2. The zero-order valence-electron chi connectivity index (χ0n) is 14.0. The van der Waals surface area contributed by atoms with E-state index in [1.54, 1.807) is 18.5 Å². The average Bonchev–Trinajstić information content (AvgIpc) is 2.57. The van der Waals surface area contributed by atoms with E-state index < -0.39 is 0 Å². The van der Waals surface area contributed by atoms with E-state index in [4.69, 9.17) is 4.74 Å². The number of halogens is 1. The Morgan fingerprint density at radius 3 is 2.35 bits per heavy atom. The minimum Gasteiger partial charge on any atom is -0.491 e. The molecular formula is C19H25FN2O. The molecule has 0 aliphatic carbocycles. The van der Waals surface area contributed by atoms with Crippen molar-refractivity contribution in [2.45, 2.75) is 52.4 Å². The van der Waals surface area contributed by atoms with Gasteiger partial charge in [0.2, 0.25) is 0 Å². The molecule has 4 heteroatoms. The molecule has 2 aromatic rings. The van der Waals surface area contributed by atoms with Gasteiger partial charge in [-0.15, -0.1) is 0 Å². The van der Waals surface area contributed by atoms with Crippen LogP contribution in [-0.4, -0.2) is 16.6 Å². The van der Waals surface area contributed by atoms with Crippen LogP contribution < -0.4 is 4.74 Å². The summed E-state index contributed by atoms with van der Waals surface area (Å²) in [5.74, 6) is 0.812. The SMILES string of the molecule is CCCCCc1ncc(-c2ccc(OCCCC)c(F)c2)cn1. The highest BCUT2D eigenvalue weighted by molar-refractivity contribution is 5.62. The van der Waals surface area contributed by atoms with Crippen molar-refractivity contribution >= 4 is 0 Å². The summed E-state index contributed by atoms with van der Waals surface area (Å²) in [5.41, 5.74) is 1.59. The number of ether oxygens (including phenoxy) is 1. The lowest BCUT2D eigenvalue weighted by atomic mass is 10.1. The summed E-state index contributed by atoms with van der Waals surface area (Å²) in [5, 5.41) is 0. The first-order valence-corrected chi connectivity index (χ1v) is 8.48. The highest BCUT2D eigenvalue weighted by Crippen LogP contribution is 2.25. The van der Waals surface area contributed by atoms with E-state index in [0.717, 1.165) is 42.6 Å². The Morgan fingerprint density at radius 1 is 0.957 bits per heavy atom. The molecule has 0 spiro atoms. The molecule has 0 saturated heterocycles. The van der Waals surface area contributed by atoms with E-state index in [0.29, 0.717) is 12.4 Å². The Kier molecular flexibility index (Phi) is 6.98. The maximum atomic E-state index is 14.1. The lowest BCUT2D eigenvalue weighted by molar-refractivity contribution is 0.294. The summed E-state index contributed by atoms with van der Waals surface area (Å²) in [6, 6.07) is 5.01. The van der Waals surface area contributed by atoms with Crippen LogP contribution >= 0.6 is 0 Å². The lowest BCUT2D eigenvalue weighted by Gasteiger charge is -2.08. The topological polar surface area (TPSA) is 35.0 Å². The summed E-state index contributed by atoms with van der Waals surface area (Å²) >= 11 is 0. The first-order valence-electron chi connectivity index (χ1n) is 8.48. The predicted octanol–water partition coefficient (Wildman–Crippen LogP) is 5.19. The van der Waals surface area contributed by atoms with E-state index >= 15 is 0 Å². The molecule has 1 aromatic heterocycles. The number of benzene rings is 1. The molecule has 1 aromatic carbocycles. The largest absolute Gasteiger partial charge is 0.491 e. The van der Waals surface area contributed by atoms with Gasteiger partial charge in [0.25, 0.3) is 0 Å². The highest BCUT2D eigenvalue weighted by Gasteiger charge is 2.07. The molecule has 1 heterocycles. The Balaban J connectivity index is 2.02. The fraction of sp³-hybridized carbons (Fsp3) is 0.474. The van der Waals surface area contributed by atoms with Gasteiger partial charge in [-0.05, 0) is 30.5 Å². The molecule has 0 saturated carbocycles. The second-order valence-corrected chi connectivity index (χ2v) is 5.69. The van der Waals surface area contributed by atoms with Crippen LogP contribution in [0.3, 0.4) is 0 Å². The first-order chi connectivity index (χ1) is 11.2. The van der Waals surface area contributed by atoms with Crippen LogP contribution in [0.5, 0.6) is 5.75 Å². The van der Waals surface area contributed by atoms with Gasteiger partial charge < -0.3 is 4.74 Å². The third-order valence-electron chi connectivity index (χ3n) is 3.73. The molecule has 124 valence electrons. The fourth-order valence-electron chi connectivity index (χ4n) is 2.29. The minimum atomic E-state index is -0.342. The van der Waals surface area contributed by atoms with E-state index in [1.165, 1.54) is 18.9 Å². The molecule has 23 heavy (non-hydrogen) atoms. The van der Waals surface area contributed by atoms with Gasteiger partial charge in [0.1, 0.15) is 5.82 Å². The maximum absolute atomic E-state index is 14.1. The number of aromatic nitrogens is 2. The van der Waals surface area contributed by atoms with Crippen molar-refractivity contribution in [3.8, 4) is 16.9 Å². The van der Waals surface area contributed by atoms with E-state index in [9.17, 15) is 4.39 Å². The van der Waals surface area contributed by atoms with Gasteiger partial charge in [-0.1, -0.05) is 39.2 Å². The summed E-state index contributed by atoms with van der Waals surface area (Å²) in [7, 11) is 0. The quantitative estimate of drug-likeness (QED) is 0.597. The van der Waals surface area contributed by atoms with Crippen LogP contribution in [0.4, 0.5) is 4.39 Å². The Labute approximate surface area is 137 Å². The zero-order valence-corrected chi connectivity index (χ0v) is 14.0. The summed E-state index contributed by atoms with van der Waals surface area (Å²) < 4.78 is 19.5. The third-order valence-corrected chi connectivity index (χ3v) is 3.73. The van der Waals surface area contributed by atoms with Crippen LogP contribution in [-0.2, 0) is 6.42 Å². The molecule has 0 N–H and O–H groups in total. The number of rotatable bonds is 9. The number of aryl methyl sites for hydroxylation is 1. The van der Waals surface area contributed by atoms with Crippen LogP contribution in [0.2, 0.25) is 0 Å². The fourth-order valence-corrected chi connectivity index (χ4v) is 2.29. The molecule has 0 fully saturated rings. The number of hydrogen-bond donors (Lipinski definition) is 0. The summed E-state index contributed by atoms with van der Waals surface area (Å²) in [6.07, 6.45) is 9.86. The van der Waals surface area contributed by atoms with Gasteiger partial charge in [-0.3, -0.25) is 0 Å². The molecule has 0 unspecified atom stereocenters. The van der Waals surface area contributed by atoms with Crippen LogP contribution in [0.25, 0.3) is 11.1 Å². The Morgan fingerprint density at radius 2 is 1.70 bits per heavy atom. The second-order valence-electron chi connectivity index (χ2n) is 5.69. The van der Waals surface area contributed by atoms with Crippen molar-refractivity contribution in [3.63, 3.8) is 0 Å². The monoisotopic (exact) mass is 316 g/mol. The third kappa shape index (κ3) is 5.31. The smallest absolute Gasteiger partial charge is 0.165 e.